The molecule has 42 heavy (non-hydrogen) atoms. The van der Waals surface area contributed by atoms with Crippen LogP contribution in [-0.4, -0.2) is 69.5 Å². The van der Waals surface area contributed by atoms with Gasteiger partial charge in [-0.2, -0.15) is 0 Å². The lowest BCUT2D eigenvalue weighted by Crippen LogP contribution is -2.34. The van der Waals surface area contributed by atoms with Gasteiger partial charge in [0.05, 0.1) is 39.1 Å². The fourth-order valence-electron chi connectivity index (χ4n) is 3.88. The summed E-state index contributed by atoms with van der Waals surface area (Å²) in [6, 6.07) is 7.62. The van der Waals surface area contributed by atoms with Crippen LogP contribution in [0.2, 0.25) is 0 Å². The lowest BCUT2D eigenvalue weighted by molar-refractivity contribution is -0.154. The van der Waals surface area contributed by atoms with Crippen molar-refractivity contribution in [3.8, 4) is 5.75 Å². The van der Waals surface area contributed by atoms with Gasteiger partial charge in [-0.1, -0.05) is 25.0 Å². The Hall–Kier alpha value is -2.36. The standard InChI is InChI=1S/C33H57NO8/c1-27(34-31(36)42-33(5,6)7)28-16-15-17-29(26-28)40-21-14-9-8-12-19-37-22-24-39-25-23-38-20-13-10-11-18-30(35)41-32(2,3)4/h15-17,26-27H,8-14,18-25H2,1-7H3,(H,34,36)/t27-/m0/s1. The number of esters is 1. The zero-order valence-electron chi connectivity index (χ0n) is 27.3. The van der Waals surface area contributed by atoms with E-state index in [9.17, 15) is 9.59 Å². The van der Waals surface area contributed by atoms with Gasteiger partial charge in [0, 0.05) is 19.6 Å². The maximum absolute atomic E-state index is 12.0. The van der Waals surface area contributed by atoms with E-state index >= 15 is 0 Å². The Labute approximate surface area is 254 Å². The molecule has 0 aliphatic heterocycles. The summed E-state index contributed by atoms with van der Waals surface area (Å²) >= 11 is 0. The Morgan fingerprint density at radius 3 is 1.79 bits per heavy atom. The molecule has 0 aromatic heterocycles. The van der Waals surface area contributed by atoms with Crippen LogP contribution >= 0.6 is 0 Å². The minimum Gasteiger partial charge on any atom is -0.494 e. The predicted octanol–water partition coefficient (Wildman–Crippen LogP) is 7.16. The van der Waals surface area contributed by atoms with Gasteiger partial charge in [-0.3, -0.25) is 4.79 Å². The van der Waals surface area contributed by atoms with Gasteiger partial charge in [0.25, 0.3) is 0 Å². The van der Waals surface area contributed by atoms with Crippen LogP contribution in [0.15, 0.2) is 24.3 Å². The Morgan fingerprint density at radius 1 is 0.690 bits per heavy atom. The van der Waals surface area contributed by atoms with Crippen molar-refractivity contribution in [2.24, 2.45) is 0 Å². The molecule has 9 heteroatoms. The van der Waals surface area contributed by atoms with Crippen LogP contribution in [0.4, 0.5) is 4.79 Å². The van der Waals surface area contributed by atoms with Gasteiger partial charge < -0.3 is 33.7 Å². The Morgan fingerprint density at radius 2 is 1.21 bits per heavy atom. The maximum Gasteiger partial charge on any atom is 0.408 e. The van der Waals surface area contributed by atoms with Crippen LogP contribution < -0.4 is 10.1 Å². The van der Waals surface area contributed by atoms with E-state index in [0.29, 0.717) is 46.1 Å². The van der Waals surface area contributed by atoms with Crippen LogP contribution in [0.1, 0.15) is 111 Å². The number of unbranched alkanes of at least 4 members (excludes halogenated alkanes) is 5. The molecule has 9 nitrogen and oxygen atoms in total. The fraction of sp³-hybridized carbons (Fsp3) is 0.758. The topological polar surface area (TPSA) is 102 Å². The van der Waals surface area contributed by atoms with Crippen LogP contribution in [-0.2, 0) is 28.5 Å². The summed E-state index contributed by atoms with van der Waals surface area (Å²) < 4.78 is 33.3. The van der Waals surface area contributed by atoms with Crippen LogP contribution in [0.3, 0.4) is 0 Å². The van der Waals surface area contributed by atoms with Gasteiger partial charge in [-0.15, -0.1) is 0 Å². The third-order valence-corrected chi connectivity index (χ3v) is 5.88. The molecule has 0 saturated carbocycles. The van der Waals surface area contributed by atoms with E-state index in [2.05, 4.69) is 5.32 Å². The number of carbonyl (C=O) groups is 2. The van der Waals surface area contributed by atoms with E-state index in [0.717, 1.165) is 62.9 Å². The minimum atomic E-state index is -0.527. The summed E-state index contributed by atoms with van der Waals surface area (Å²) in [5.74, 6) is 0.666. The van der Waals surface area contributed by atoms with E-state index in [1.807, 2.05) is 72.7 Å². The molecule has 0 bridgehead atoms. The molecule has 1 amide bonds. The van der Waals surface area contributed by atoms with E-state index in [1.54, 1.807) is 0 Å². The number of carbonyl (C=O) groups excluding carboxylic acids is 2. The molecule has 0 spiro atoms. The third kappa shape index (κ3) is 22.3. The summed E-state index contributed by atoms with van der Waals surface area (Å²) in [5.41, 5.74) is 0.0271. The van der Waals surface area contributed by atoms with Crippen LogP contribution in [0.25, 0.3) is 0 Å². The van der Waals surface area contributed by atoms with Gasteiger partial charge in [-0.05, 0) is 98.3 Å². The highest BCUT2D eigenvalue weighted by molar-refractivity contribution is 5.69. The van der Waals surface area contributed by atoms with E-state index in [4.69, 9.17) is 28.4 Å². The Bertz CT molecular complexity index is 862. The first-order valence-corrected chi connectivity index (χ1v) is 15.5. The number of hydrogen-bond donors (Lipinski definition) is 1. The van der Waals surface area contributed by atoms with Gasteiger partial charge in [0.2, 0.25) is 0 Å². The molecular weight excluding hydrogens is 538 g/mol. The second-order valence-corrected chi connectivity index (χ2v) is 12.4. The molecule has 1 rings (SSSR count). The monoisotopic (exact) mass is 595 g/mol. The summed E-state index contributed by atoms with van der Waals surface area (Å²) in [6.45, 7) is 17.5. The lowest BCUT2D eigenvalue weighted by atomic mass is 10.1. The number of hydrogen-bond acceptors (Lipinski definition) is 8. The second-order valence-electron chi connectivity index (χ2n) is 12.4. The van der Waals surface area contributed by atoms with Crippen molar-refractivity contribution in [3.63, 3.8) is 0 Å². The molecule has 0 aliphatic carbocycles. The normalized spacial score (nSPS) is 12.5. The molecule has 242 valence electrons. The molecule has 0 heterocycles. The molecule has 0 radical (unpaired) electrons. The first-order chi connectivity index (χ1) is 19.9. The number of nitrogens with one attached hydrogen (secondary N) is 1. The second kappa shape index (κ2) is 21.3. The summed E-state index contributed by atoms with van der Waals surface area (Å²) in [6.07, 6.45) is 6.89. The first kappa shape index (κ1) is 37.7. The first-order valence-electron chi connectivity index (χ1n) is 15.5. The van der Waals surface area contributed by atoms with Crippen molar-refractivity contribution in [1.29, 1.82) is 0 Å². The van der Waals surface area contributed by atoms with Gasteiger partial charge in [-0.25, -0.2) is 4.79 Å². The molecule has 0 saturated heterocycles. The molecule has 0 fully saturated rings. The maximum atomic E-state index is 12.0. The van der Waals surface area contributed by atoms with Crippen molar-refractivity contribution in [3.05, 3.63) is 29.8 Å². The number of ether oxygens (including phenoxy) is 6. The SMILES string of the molecule is C[C@H](NC(=O)OC(C)(C)C)c1cccc(OCCCCCCOCCOCCOCCCCCC(=O)OC(C)(C)C)c1. The third-order valence-electron chi connectivity index (χ3n) is 5.88. The Balaban J connectivity index is 1.92. The zero-order valence-corrected chi connectivity index (χ0v) is 27.3. The van der Waals surface area contributed by atoms with Crippen molar-refractivity contribution < 1.29 is 38.0 Å². The molecule has 0 aliphatic rings. The average Bonchev–Trinajstić information content (AvgIpc) is 2.88. The minimum absolute atomic E-state index is 0.134. The molecule has 0 unspecified atom stereocenters. The molecule has 1 aromatic rings. The average molecular weight is 596 g/mol. The number of benzene rings is 1. The van der Waals surface area contributed by atoms with Crippen molar-refractivity contribution in [2.75, 3.05) is 46.2 Å². The summed E-state index contributed by atoms with van der Waals surface area (Å²) in [4.78, 5) is 23.7. The highest BCUT2D eigenvalue weighted by Crippen LogP contribution is 2.20. The zero-order chi connectivity index (χ0) is 31.3. The highest BCUT2D eigenvalue weighted by Gasteiger charge is 2.18. The van der Waals surface area contributed by atoms with E-state index in [-0.39, 0.29) is 12.0 Å². The highest BCUT2D eigenvalue weighted by atomic mass is 16.6. The molecule has 1 aromatic carbocycles. The van der Waals surface area contributed by atoms with Crippen molar-refractivity contribution >= 4 is 12.1 Å². The van der Waals surface area contributed by atoms with Crippen LogP contribution in [0.5, 0.6) is 5.75 Å². The summed E-state index contributed by atoms with van der Waals surface area (Å²) in [7, 11) is 0. The molecular formula is C33H57NO8. The quantitative estimate of drug-likeness (QED) is 0.111. The number of rotatable bonds is 22. The van der Waals surface area contributed by atoms with Crippen LogP contribution in [0, 0.1) is 0 Å². The van der Waals surface area contributed by atoms with E-state index in [1.165, 1.54) is 0 Å². The predicted molar refractivity (Wildman–Crippen MR) is 165 cm³/mol. The summed E-state index contributed by atoms with van der Waals surface area (Å²) in [5, 5.41) is 2.86. The van der Waals surface area contributed by atoms with Crippen molar-refractivity contribution in [2.45, 2.75) is 117 Å². The molecule has 1 atom stereocenters. The smallest absolute Gasteiger partial charge is 0.408 e. The van der Waals surface area contributed by atoms with Gasteiger partial charge >= 0.3 is 12.1 Å². The molecule has 1 N–H and O–H groups in total. The lowest BCUT2D eigenvalue weighted by Gasteiger charge is -2.22. The fourth-order valence-corrected chi connectivity index (χ4v) is 3.88. The largest absolute Gasteiger partial charge is 0.494 e. The van der Waals surface area contributed by atoms with E-state index < -0.39 is 17.3 Å². The number of amides is 1. The number of alkyl carbamates (subject to hydrolysis) is 1. The van der Waals surface area contributed by atoms with Gasteiger partial charge in [0.15, 0.2) is 0 Å². The van der Waals surface area contributed by atoms with Gasteiger partial charge in [0.1, 0.15) is 17.0 Å². The van der Waals surface area contributed by atoms with Crippen molar-refractivity contribution in [1.82, 2.24) is 5.32 Å². The Kier molecular flexibility index (Phi) is 19.1.